The zero-order valence-corrected chi connectivity index (χ0v) is 8.06. The molecule has 1 aliphatic rings. The van der Waals surface area contributed by atoms with Gasteiger partial charge in [-0.2, -0.15) is 5.10 Å². The molecule has 1 N–H and O–H groups in total. The van der Waals surface area contributed by atoms with Gasteiger partial charge in [0.25, 0.3) is 0 Å². The minimum atomic E-state index is -0.514. The van der Waals surface area contributed by atoms with Crippen molar-refractivity contribution in [1.82, 2.24) is 10.3 Å². The van der Waals surface area contributed by atoms with Crippen molar-refractivity contribution in [3.05, 3.63) is 23.7 Å². The van der Waals surface area contributed by atoms with Gasteiger partial charge in [0.1, 0.15) is 18.1 Å². The average molecular weight is 207 g/mol. The predicted molar refractivity (Wildman–Crippen MR) is 51.3 cm³/mol. The van der Waals surface area contributed by atoms with E-state index in [1.165, 1.54) is 6.21 Å². The molecule has 0 saturated carbocycles. The van der Waals surface area contributed by atoms with Gasteiger partial charge < -0.3 is 4.42 Å². The number of hydrogen-bond acceptors (Lipinski definition) is 4. The van der Waals surface area contributed by atoms with Crippen LogP contribution in [0.15, 0.2) is 21.7 Å². The van der Waals surface area contributed by atoms with Crippen LogP contribution >= 0.6 is 0 Å². The van der Waals surface area contributed by atoms with Gasteiger partial charge in [-0.1, -0.05) is 0 Å². The van der Waals surface area contributed by atoms with Crippen LogP contribution in [0.25, 0.3) is 0 Å². The molecule has 0 aliphatic carbocycles. The number of hydrogen-bond donors (Lipinski definition) is 1. The molecule has 6 heteroatoms. The molecule has 6 nitrogen and oxygen atoms in total. The van der Waals surface area contributed by atoms with E-state index < -0.39 is 6.03 Å². The second kappa shape index (κ2) is 3.56. The van der Waals surface area contributed by atoms with Crippen molar-refractivity contribution in [2.45, 2.75) is 6.92 Å². The van der Waals surface area contributed by atoms with E-state index in [0.717, 1.165) is 10.8 Å². The number of nitrogens with one attached hydrogen (secondary N) is 1. The van der Waals surface area contributed by atoms with Crippen LogP contribution in [0.2, 0.25) is 0 Å². The summed E-state index contributed by atoms with van der Waals surface area (Å²) in [5.74, 6) is 0.950. The Morgan fingerprint density at radius 1 is 1.53 bits per heavy atom. The minimum Gasteiger partial charge on any atom is -0.460 e. The summed E-state index contributed by atoms with van der Waals surface area (Å²) in [4.78, 5) is 21.9. The quantitative estimate of drug-likeness (QED) is 0.566. The summed E-state index contributed by atoms with van der Waals surface area (Å²) in [5.41, 5.74) is 0. The Labute approximate surface area is 85.5 Å². The van der Waals surface area contributed by atoms with Crippen molar-refractivity contribution in [2.24, 2.45) is 5.10 Å². The fourth-order valence-corrected chi connectivity index (χ4v) is 1.17. The standard InChI is InChI=1S/C9H9N3O3/c1-6-2-3-7(15-6)4-10-12-5-8(13)11-9(12)14/h2-4H,5H2,1H3,(H,11,13,14)/b10-4+. The van der Waals surface area contributed by atoms with Crippen molar-refractivity contribution in [2.75, 3.05) is 6.54 Å². The second-order valence-electron chi connectivity index (χ2n) is 3.10. The van der Waals surface area contributed by atoms with Crippen molar-refractivity contribution >= 4 is 18.2 Å². The third kappa shape index (κ3) is 2.04. The Hall–Kier alpha value is -2.11. The van der Waals surface area contributed by atoms with Crippen LogP contribution in [0, 0.1) is 6.92 Å². The molecular weight excluding hydrogens is 198 g/mol. The molecule has 2 rings (SSSR count). The van der Waals surface area contributed by atoms with E-state index in [-0.39, 0.29) is 12.5 Å². The van der Waals surface area contributed by atoms with Crippen LogP contribution in [-0.2, 0) is 4.79 Å². The average Bonchev–Trinajstić information content (AvgIpc) is 2.70. The van der Waals surface area contributed by atoms with Crippen LogP contribution in [0.1, 0.15) is 11.5 Å². The van der Waals surface area contributed by atoms with Crippen LogP contribution in [0.4, 0.5) is 4.79 Å². The van der Waals surface area contributed by atoms with Crippen LogP contribution in [-0.4, -0.2) is 29.7 Å². The molecule has 3 amide bonds. The molecule has 0 radical (unpaired) electrons. The molecule has 1 aromatic rings. The minimum absolute atomic E-state index is 0.0466. The van der Waals surface area contributed by atoms with E-state index in [4.69, 9.17) is 4.42 Å². The summed E-state index contributed by atoms with van der Waals surface area (Å²) in [6.45, 7) is 1.76. The van der Waals surface area contributed by atoms with Gasteiger partial charge >= 0.3 is 6.03 Å². The summed E-state index contributed by atoms with van der Waals surface area (Å²) in [7, 11) is 0. The highest BCUT2D eigenvalue weighted by atomic mass is 16.3. The molecule has 1 saturated heterocycles. The fraction of sp³-hybridized carbons (Fsp3) is 0.222. The number of nitrogens with zero attached hydrogens (tertiary/aromatic N) is 2. The van der Waals surface area contributed by atoms with E-state index in [1.807, 2.05) is 6.92 Å². The number of aryl methyl sites for hydroxylation is 1. The summed E-state index contributed by atoms with van der Waals surface area (Å²) in [5, 5.41) is 6.97. The first-order valence-electron chi connectivity index (χ1n) is 4.37. The molecule has 2 heterocycles. The van der Waals surface area contributed by atoms with Crippen LogP contribution in [0.5, 0.6) is 0 Å². The van der Waals surface area contributed by atoms with Gasteiger partial charge in [0.15, 0.2) is 0 Å². The van der Waals surface area contributed by atoms with Gasteiger partial charge in [-0.05, 0) is 19.1 Å². The number of urea groups is 1. The summed E-state index contributed by atoms with van der Waals surface area (Å²) >= 11 is 0. The Kier molecular flexibility index (Phi) is 2.24. The number of furan rings is 1. The lowest BCUT2D eigenvalue weighted by molar-refractivity contribution is -0.118. The van der Waals surface area contributed by atoms with Crippen LogP contribution < -0.4 is 5.32 Å². The summed E-state index contributed by atoms with van der Waals surface area (Å²) < 4.78 is 5.21. The lowest BCUT2D eigenvalue weighted by atomic mass is 10.4. The van der Waals surface area contributed by atoms with Gasteiger partial charge in [-0.15, -0.1) is 0 Å². The molecule has 0 unspecified atom stereocenters. The number of carbonyl (C=O) groups excluding carboxylic acids is 2. The zero-order chi connectivity index (χ0) is 10.8. The lowest BCUT2D eigenvalue weighted by Crippen LogP contribution is -2.24. The first kappa shape index (κ1) is 9.45. The predicted octanol–water partition coefficient (Wildman–Crippen LogP) is 0.474. The van der Waals surface area contributed by atoms with E-state index in [9.17, 15) is 9.59 Å². The third-order valence-electron chi connectivity index (χ3n) is 1.86. The second-order valence-corrected chi connectivity index (χ2v) is 3.10. The van der Waals surface area contributed by atoms with Crippen molar-refractivity contribution in [1.29, 1.82) is 0 Å². The van der Waals surface area contributed by atoms with Crippen molar-refractivity contribution in [3.63, 3.8) is 0 Å². The highest BCUT2D eigenvalue weighted by molar-refractivity contribution is 6.02. The van der Waals surface area contributed by atoms with Gasteiger partial charge in [-0.25, -0.2) is 9.80 Å². The highest BCUT2D eigenvalue weighted by Crippen LogP contribution is 2.04. The van der Waals surface area contributed by atoms with Crippen molar-refractivity contribution < 1.29 is 14.0 Å². The van der Waals surface area contributed by atoms with Gasteiger partial charge in [0.05, 0.1) is 6.21 Å². The normalized spacial score (nSPS) is 16.5. The number of hydrazone groups is 1. The smallest absolute Gasteiger partial charge is 0.344 e. The number of amides is 3. The zero-order valence-electron chi connectivity index (χ0n) is 8.06. The van der Waals surface area contributed by atoms with Gasteiger partial charge in [-0.3, -0.25) is 10.1 Å². The number of imide groups is 1. The lowest BCUT2D eigenvalue weighted by Gasteiger charge is -2.02. The topological polar surface area (TPSA) is 74.9 Å². The molecule has 1 fully saturated rings. The molecule has 0 bridgehead atoms. The molecular formula is C9H9N3O3. The van der Waals surface area contributed by atoms with Crippen molar-refractivity contribution in [3.8, 4) is 0 Å². The Morgan fingerprint density at radius 3 is 2.87 bits per heavy atom. The molecule has 15 heavy (non-hydrogen) atoms. The van der Waals surface area contributed by atoms with E-state index in [0.29, 0.717) is 5.76 Å². The Morgan fingerprint density at radius 2 is 2.33 bits per heavy atom. The molecule has 0 atom stereocenters. The summed E-state index contributed by atoms with van der Waals surface area (Å²) in [6.07, 6.45) is 1.39. The Balaban J connectivity index is 2.06. The van der Waals surface area contributed by atoms with E-state index in [1.54, 1.807) is 12.1 Å². The molecule has 0 spiro atoms. The van der Waals surface area contributed by atoms with Gasteiger partial charge in [0, 0.05) is 0 Å². The maximum Gasteiger partial charge on any atom is 0.344 e. The molecule has 1 aliphatic heterocycles. The van der Waals surface area contributed by atoms with E-state index in [2.05, 4.69) is 10.4 Å². The van der Waals surface area contributed by atoms with E-state index >= 15 is 0 Å². The maximum atomic E-state index is 11.1. The Bertz CT molecular complexity index is 436. The molecule has 78 valence electrons. The number of carbonyl (C=O) groups is 2. The summed E-state index contributed by atoms with van der Waals surface area (Å²) in [6, 6.07) is 3.00. The number of rotatable bonds is 2. The maximum absolute atomic E-state index is 11.1. The monoisotopic (exact) mass is 207 g/mol. The van der Waals surface area contributed by atoms with Gasteiger partial charge in [0.2, 0.25) is 5.91 Å². The third-order valence-corrected chi connectivity index (χ3v) is 1.86. The first-order chi connectivity index (χ1) is 7.15. The molecule has 1 aromatic heterocycles. The fourth-order valence-electron chi connectivity index (χ4n) is 1.17. The largest absolute Gasteiger partial charge is 0.460 e. The first-order valence-corrected chi connectivity index (χ1v) is 4.37. The van der Waals surface area contributed by atoms with Crippen LogP contribution in [0.3, 0.4) is 0 Å². The molecule has 0 aromatic carbocycles. The SMILES string of the molecule is Cc1ccc(/C=N/N2CC(=O)NC2=O)o1. The highest BCUT2D eigenvalue weighted by Gasteiger charge is 2.25.